The van der Waals surface area contributed by atoms with Crippen molar-refractivity contribution < 1.29 is 32.6 Å². The van der Waals surface area contributed by atoms with Gasteiger partial charge >= 0.3 is 12.3 Å². The van der Waals surface area contributed by atoms with Crippen LogP contribution in [0.4, 0.5) is 8.78 Å². The fourth-order valence-electron chi connectivity index (χ4n) is 2.78. The lowest BCUT2D eigenvalue weighted by molar-refractivity contribution is -0.286. The summed E-state index contributed by atoms with van der Waals surface area (Å²) in [7, 11) is 1.19. The van der Waals surface area contributed by atoms with E-state index in [0.717, 1.165) is 0 Å². The molecule has 154 valence electrons. The van der Waals surface area contributed by atoms with Crippen LogP contribution in [0.25, 0.3) is 0 Å². The van der Waals surface area contributed by atoms with Gasteiger partial charge < -0.3 is 24.1 Å². The van der Waals surface area contributed by atoms with Crippen molar-refractivity contribution in [1.29, 1.82) is 0 Å². The van der Waals surface area contributed by atoms with Crippen LogP contribution in [0, 0.1) is 0 Å². The first-order valence-electron chi connectivity index (χ1n) is 8.51. The number of alkyl halides is 2. The van der Waals surface area contributed by atoms with Gasteiger partial charge in [0.15, 0.2) is 11.5 Å². The van der Waals surface area contributed by atoms with Crippen molar-refractivity contribution in [2.75, 3.05) is 7.11 Å². The smallest absolute Gasteiger partial charge is 0.467 e. The first-order valence-corrected chi connectivity index (χ1v) is 8.51. The molecule has 1 N–H and O–H groups in total. The minimum Gasteiger partial charge on any atom is -0.467 e. The number of halogens is 2. The number of nitrogens with one attached hydrogen (secondary N) is 1. The van der Waals surface area contributed by atoms with Crippen molar-refractivity contribution in [3.63, 3.8) is 0 Å². The number of ether oxygens (including phenoxy) is 3. The normalized spacial score (nSPS) is 14.4. The minimum absolute atomic E-state index is 0.00254. The average molecular weight is 408 g/mol. The van der Waals surface area contributed by atoms with Crippen LogP contribution in [0.15, 0.2) is 41.3 Å². The molecule has 3 rings (SSSR count). The Labute approximate surface area is 164 Å². The van der Waals surface area contributed by atoms with Crippen molar-refractivity contribution in [2.24, 2.45) is 0 Å². The molecular formula is C19H18F2N2O6. The molecule has 1 amide bonds. The highest BCUT2D eigenvalue weighted by Gasteiger charge is 2.43. The number of aromatic nitrogens is 1. The molecule has 8 nitrogen and oxygen atoms in total. The molecule has 1 aromatic heterocycles. The molecule has 2 heterocycles. The summed E-state index contributed by atoms with van der Waals surface area (Å²) in [6.45, 7) is 2.89. The number of fused-ring (bicyclic) bond motifs is 1. The zero-order valence-electron chi connectivity index (χ0n) is 15.8. The van der Waals surface area contributed by atoms with E-state index in [4.69, 9.17) is 0 Å². The van der Waals surface area contributed by atoms with E-state index in [9.17, 15) is 23.2 Å². The van der Waals surface area contributed by atoms with E-state index in [1.165, 1.54) is 62.1 Å². The highest BCUT2D eigenvalue weighted by Crippen LogP contribution is 2.41. The van der Waals surface area contributed by atoms with Gasteiger partial charge in [-0.05, 0) is 43.7 Å². The number of carbonyl (C=O) groups is 2. The topological polar surface area (TPSA) is 95.9 Å². The van der Waals surface area contributed by atoms with Gasteiger partial charge in [0.25, 0.3) is 11.5 Å². The number of amides is 1. The Morgan fingerprint density at radius 3 is 2.59 bits per heavy atom. The Bertz CT molecular complexity index is 1030. The van der Waals surface area contributed by atoms with Gasteiger partial charge in [-0.15, -0.1) is 8.78 Å². The van der Waals surface area contributed by atoms with Crippen LogP contribution in [-0.2, 0) is 16.1 Å². The molecule has 0 saturated carbocycles. The second-order valence-corrected chi connectivity index (χ2v) is 6.87. The van der Waals surface area contributed by atoms with Crippen LogP contribution >= 0.6 is 0 Å². The maximum Gasteiger partial charge on any atom is 0.586 e. The number of benzene rings is 1. The molecule has 0 radical (unpaired) electrons. The van der Waals surface area contributed by atoms with Crippen LogP contribution < -0.4 is 20.3 Å². The predicted molar refractivity (Wildman–Crippen MR) is 96.0 cm³/mol. The van der Waals surface area contributed by atoms with Crippen LogP contribution in [0.1, 0.15) is 29.8 Å². The molecule has 10 heteroatoms. The number of rotatable bonds is 5. The zero-order chi connectivity index (χ0) is 21.4. The number of methoxy groups -OCH3 is 1. The van der Waals surface area contributed by atoms with Gasteiger partial charge in [0.1, 0.15) is 11.1 Å². The average Bonchev–Trinajstić information content (AvgIpc) is 2.95. The number of pyridine rings is 1. The maximum atomic E-state index is 13.1. The van der Waals surface area contributed by atoms with Crippen molar-refractivity contribution in [3.05, 3.63) is 58.0 Å². The van der Waals surface area contributed by atoms with Crippen LogP contribution in [-0.4, -0.2) is 35.4 Å². The fraction of sp³-hybridized carbons (Fsp3) is 0.316. The second-order valence-electron chi connectivity index (χ2n) is 6.87. The molecule has 1 aliphatic rings. The summed E-state index contributed by atoms with van der Waals surface area (Å²) in [5.41, 5.74) is -1.65. The summed E-state index contributed by atoms with van der Waals surface area (Å²) < 4.78 is 40.9. The Hall–Kier alpha value is -3.43. The molecule has 0 bridgehead atoms. The quantitative estimate of drug-likeness (QED) is 0.760. The lowest BCUT2D eigenvalue weighted by Crippen LogP contribution is -2.51. The van der Waals surface area contributed by atoms with Gasteiger partial charge in [-0.25, -0.2) is 4.79 Å². The molecule has 0 spiro atoms. The van der Waals surface area contributed by atoms with E-state index in [0.29, 0.717) is 5.56 Å². The van der Waals surface area contributed by atoms with Gasteiger partial charge in [-0.3, -0.25) is 9.59 Å². The van der Waals surface area contributed by atoms with E-state index < -0.39 is 29.3 Å². The van der Waals surface area contributed by atoms with Crippen LogP contribution in [0.2, 0.25) is 0 Å². The first kappa shape index (κ1) is 20.3. The highest BCUT2D eigenvalue weighted by molar-refractivity contribution is 5.97. The van der Waals surface area contributed by atoms with E-state index in [1.807, 2.05) is 0 Å². The van der Waals surface area contributed by atoms with E-state index in [-0.39, 0.29) is 23.6 Å². The molecule has 2 aromatic rings. The van der Waals surface area contributed by atoms with E-state index in [2.05, 4.69) is 19.5 Å². The fourth-order valence-corrected chi connectivity index (χ4v) is 2.78. The van der Waals surface area contributed by atoms with Gasteiger partial charge in [0.2, 0.25) is 0 Å². The number of nitrogens with zero attached hydrogens (tertiary/aromatic N) is 1. The van der Waals surface area contributed by atoms with Crippen molar-refractivity contribution in [3.8, 4) is 11.5 Å². The Morgan fingerprint density at radius 1 is 1.21 bits per heavy atom. The van der Waals surface area contributed by atoms with Gasteiger partial charge in [0.05, 0.1) is 13.7 Å². The summed E-state index contributed by atoms with van der Waals surface area (Å²) in [4.78, 5) is 36.9. The molecule has 0 aliphatic carbocycles. The van der Waals surface area contributed by atoms with Crippen molar-refractivity contribution in [1.82, 2.24) is 9.88 Å². The van der Waals surface area contributed by atoms with Gasteiger partial charge in [-0.2, -0.15) is 0 Å². The van der Waals surface area contributed by atoms with Crippen LogP contribution in [0.3, 0.4) is 0 Å². The largest absolute Gasteiger partial charge is 0.586 e. The standard InChI is InChI=1S/C19H18F2N2O6/c1-18(2,17(26)27-3)22-15(24)12-5-4-8-23(16(12)25)10-11-6-7-13-14(9-11)29-19(20,21)28-13/h4-9H,10H2,1-3H3,(H,22,24). The SMILES string of the molecule is COC(=O)C(C)(C)NC(=O)c1cccn(Cc2ccc3c(c2)OC(F)(F)O3)c1=O. The van der Waals surface area contributed by atoms with Crippen molar-refractivity contribution in [2.45, 2.75) is 32.2 Å². The van der Waals surface area contributed by atoms with E-state index in [1.54, 1.807) is 0 Å². The molecule has 0 saturated heterocycles. The number of hydrogen-bond donors (Lipinski definition) is 1. The third-order valence-electron chi connectivity index (χ3n) is 4.21. The number of hydrogen-bond acceptors (Lipinski definition) is 6. The van der Waals surface area contributed by atoms with Gasteiger partial charge in [0, 0.05) is 6.20 Å². The van der Waals surface area contributed by atoms with Crippen LogP contribution in [0.5, 0.6) is 11.5 Å². The molecule has 1 aliphatic heterocycles. The third kappa shape index (κ3) is 4.20. The van der Waals surface area contributed by atoms with E-state index >= 15 is 0 Å². The Morgan fingerprint density at radius 2 is 1.90 bits per heavy atom. The summed E-state index contributed by atoms with van der Waals surface area (Å²) in [5, 5.41) is 2.45. The number of esters is 1. The summed E-state index contributed by atoms with van der Waals surface area (Å²) in [6, 6.07) is 6.95. The zero-order valence-corrected chi connectivity index (χ0v) is 15.8. The highest BCUT2D eigenvalue weighted by atomic mass is 19.3. The van der Waals surface area contributed by atoms with Crippen molar-refractivity contribution >= 4 is 11.9 Å². The minimum atomic E-state index is -3.73. The number of carbonyl (C=O) groups excluding carboxylic acids is 2. The Kier molecular flexibility index (Phi) is 5.04. The maximum absolute atomic E-state index is 13.1. The lowest BCUT2D eigenvalue weighted by Gasteiger charge is -2.23. The molecular weight excluding hydrogens is 390 g/mol. The molecule has 29 heavy (non-hydrogen) atoms. The summed E-state index contributed by atoms with van der Waals surface area (Å²) >= 11 is 0. The summed E-state index contributed by atoms with van der Waals surface area (Å²) in [5.74, 6) is -1.66. The first-order chi connectivity index (χ1) is 13.5. The predicted octanol–water partition coefficient (Wildman–Crippen LogP) is 1.90. The molecule has 0 atom stereocenters. The Balaban J connectivity index is 1.82. The molecule has 0 fully saturated rings. The monoisotopic (exact) mass is 408 g/mol. The second kappa shape index (κ2) is 7.19. The summed E-state index contributed by atoms with van der Waals surface area (Å²) in [6.07, 6.45) is -2.29. The molecule has 1 aromatic carbocycles. The lowest BCUT2D eigenvalue weighted by atomic mass is 10.1. The third-order valence-corrected chi connectivity index (χ3v) is 4.21. The van der Waals surface area contributed by atoms with Gasteiger partial charge in [-0.1, -0.05) is 6.07 Å². The molecule has 0 unspecified atom stereocenters.